The Kier molecular flexibility index (Phi) is 5.46. The first-order valence-electron chi connectivity index (χ1n) is 6.69. The van der Waals surface area contributed by atoms with Gasteiger partial charge in [-0.1, -0.05) is 37.0 Å². The fourth-order valence-corrected chi connectivity index (χ4v) is 2.41. The molecule has 0 saturated heterocycles. The SMILES string of the molecule is CC(C)NCCCc1ncc(-c2cc(Cl)cc(Cl)c2)o1. The monoisotopic (exact) mass is 312 g/mol. The average Bonchev–Trinajstić information content (AvgIpc) is 2.82. The van der Waals surface area contributed by atoms with Crippen molar-refractivity contribution in [2.75, 3.05) is 6.54 Å². The van der Waals surface area contributed by atoms with E-state index in [0.717, 1.165) is 30.8 Å². The van der Waals surface area contributed by atoms with E-state index < -0.39 is 0 Å². The number of benzene rings is 1. The van der Waals surface area contributed by atoms with Gasteiger partial charge in [0.15, 0.2) is 11.7 Å². The molecule has 108 valence electrons. The van der Waals surface area contributed by atoms with Crippen molar-refractivity contribution in [3.63, 3.8) is 0 Å². The van der Waals surface area contributed by atoms with Gasteiger partial charge < -0.3 is 9.73 Å². The summed E-state index contributed by atoms with van der Waals surface area (Å²) in [5.74, 6) is 1.43. The van der Waals surface area contributed by atoms with Crippen LogP contribution in [0.3, 0.4) is 0 Å². The van der Waals surface area contributed by atoms with Crippen molar-refractivity contribution in [2.24, 2.45) is 0 Å². The number of nitrogens with one attached hydrogen (secondary N) is 1. The van der Waals surface area contributed by atoms with Gasteiger partial charge in [0, 0.05) is 28.1 Å². The van der Waals surface area contributed by atoms with E-state index in [0.29, 0.717) is 21.8 Å². The normalized spacial score (nSPS) is 11.2. The Morgan fingerprint density at radius 1 is 1.20 bits per heavy atom. The molecule has 0 aliphatic carbocycles. The lowest BCUT2D eigenvalue weighted by molar-refractivity contribution is 0.484. The molecule has 2 rings (SSSR count). The fraction of sp³-hybridized carbons (Fsp3) is 0.400. The lowest BCUT2D eigenvalue weighted by atomic mass is 10.2. The summed E-state index contributed by atoms with van der Waals surface area (Å²) in [4.78, 5) is 4.29. The van der Waals surface area contributed by atoms with Crippen LogP contribution in [-0.2, 0) is 6.42 Å². The van der Waals surface area contributed by atoms with Gasteiger partial charge in [-0.15, -0.1) is 0 Å². The molecule has 0 aliphatic heterocycles. The highest BCUT2D eigenvalue weighted by molar-refractivity contribution is 6.35. The minimum atomic E-state index is 0.503. The van der Waals surface area contributed by atoms with Crippen LogP contribution in [0.1, 0.15) is 26.2 Å². The van der Waals surface area contributed by atoms with Crippen LogP contribution >= 0.6 is 23.2 Å². The Labute approximate surface area is 129 Å². The molecule has 5 heteroatoms. The van der Waals surface area contributed by atoms with Crippen LogP contribution in [0.4, 0.5) is 0 Å². The smallest absolute Gasteiger partial charge is 0.194 e. The summed E-state index contributed by atoms with van der Waals surface area (Å²) in [6.45, 7) is 5.22. The number of aryl methyl sites for hydroxylation is 1. The van der Waals surface area contributed by atoms with E-state index in [-0.39, 0.29) is 0 Å². The van der Waals surface area contributed by atoms with E-state index in [1.807, 2.05) is 12.1 Å². The van der Waals surface area contributed by atoms with Crippen LogP contribution in [0.2, 0.25) is 10.0 Å². The van der Waals surface area contributed by atoms with Crippen LogP contribution < -0.4 is 5.32 Å². The second-order valence-corrected chi connectivity index (χ2v) is 5.86. The van der Waals surface area contributed by atoms with Crippen molar-refractivity contribution < 1.29 is 4.42 Å². The number of hydrogen-bond acceptors (Lipinski definition) is 3. The molecule has 1 aromatic heterocycles. The quantitative estimate of drug-likeness (QED) is 0.793. The van der Waals surface area contributed by atoms with Gasteiger partial charge in [-0.3, -0.25) is 0 Å². The highest BCUT2D eigenvalue weighted by Crippen LogP contribution is 2.27. The Morgan fingerprint density at radius 3 is 2.55 bits per heavy atom. The molecule has 0 spiro atoms. The molecule has 0 aliphatic rings. The Hall–Kier alpha value is -1.03. The summed E-state index contributed by atoms with van der Waals surface area (Å²) in [6.07, 6.45) is 3.52. The van der Waals surface area contributed by atoms with Crippen molar-refractivity contribution >= 4 is 23.2 Å². The highest BCUT2D eigenvalue weighted by Gasteiger charge is 2.08. The molecule has 0 fully saturated rings. The highest BCUT2D eigenvalue weighted by atomic mass is 35.5. The standard InChI is InChI=1S/C15H18Cl2N2O/c1-10(2)18-5-3-4-15-19-9-14(20-15)11-6-12(16)8-13(17)7-11/h6-10,18H,3-5H2,1-2H3. The molecule has 0 amide bonds. The van der Waals surface area contributed by atoms with Crippen LogP contribution in [0.25, 0.3) is 11.3 Å². The fourth-order valence-electron chi connectivity index (χ4n) is 1.89. The van der Waals surface area contributed by atoms with Crippen LogP contribution in [0.15, 0.2) is 28.8 Å². The lowest BCUT2D eigenvalue weighted by Gasteiger charge is -2.05. The zero-order chi connectivity index (χ0) is 14.5. The van der Waals surface area contributed by atoms with Gasteiger partial charge >= 0.3 is 0 Å². The molecule has 20 heavy (non-hydrogen) atoms. The van der Waals surface area contributed by atoms with E-state index in [2.05, 4.69) is 24.1 Å². The summed E-state index contributed by atoms with van der Waals surface area (Å²) in [5.41, 5.74) is 0.849. The van der Waals surface area contributed by atoms with Gasteiger partial charge in [0.2, 0.25) is 0 Å². The van der Waals surface area contributed by atoms with Gasteiger partial charge in [-0.05, 0) is 31.2 Å². The maximum atomic E-state index is 5.98. The number of oxazole rings is 1. The predicted octanol–water partition coefficient (Wildman–Crippen LogP) is 4.58. The van der Waals surface area contributed by atoms with E-state index in [4.69, 9.17) is 27.6 Å². The zero-order valence-corrected chi connectivity index (χ0v) is 13.1. The third kappa shape index (κ3) is 4.51. The van der Waals surface area contributed by atoms with Crippen molar-refractivity contribution in [1.82, 2.24) is 10.3 Å². The molecular weight excluding hydrogens is 295 g/mol. The van der Waals surface area contributed by atoms with Crippen molar-refractivity contribution in [2.45, 2.75) is 32.7 Å². The molecule has 3 nitrogen and oxygen atoms in total. The lowest BCUT2D eigenvalue weighted by Crippen LogP contribution is -2.23. The molecule has 0 bridgehead atoms. The Balaban J connectivity index is 1.98. The van der Waals surface area contributed by atoms with Crippen LogP contribution in [0, 0.1) is 0 Å². The summed E-state index contributed by atoms with van der Waals surface area (Å²) < 4.78 is 5.73. The average molecular weight is 313 g/mol. The van der Waals surface area contributed by atoms with Crippen LogP contribution in [-0.4, -0.2) is 17.6 Å². The molecular formula is C15H18Cl2N2O. The van der Waals surface area contributed by atoms with Gasteiger partial charge in [0.25, 0.3) is 0 Å². The largest absolute Gasteiger partial charge is 0.441 e. The third-order valence-electron chi connectivity index (χ3n) is 2.82. The molecule has 0 radical (unpaired) electrons. The first-order chi connectivity index (χ1) is 9.54. The number of rotatable bonds is 6. The van der Waals surface area contributed by atoms with E-state index in [1.54, 1.807) is 12.3 Å². The summed E-state index contributed by atoms with van der Waals surface area (Å²) >= 11 is 12.0. The van der Waals surface area contributed by atoms with E-state index in [1.165, 1.54) is 0 Å². The van der Waals surface area contributed by atoms with Crippen molar-refractivity contribution in [1.29, 1.82) is 0 Å². The second-order valence-electron chi connectivity index (χ2n) is 4.99. The number of aromatic nitrogens is 1. The third-order valence-corrected chi connectivity index (χ3v) is 3.26. The molecule has 0 saturated carbocycles. The minimum absolute atomic E-state index is 0.503. The van der Waals surface area contributed by atoms with Gasteiger partial charge in [0.1, 0.15) is 0 Å². The molecule has 1 heterocycles. The van der Waals surface area contributed by atoms with E-state index >= 15 is 0 Å². The van der Waals surface area contributed by atoms with E-state index in [9.17, 15) is 0 Å². The first-order valence-corrected chi connectivity index (χ1v) is 7.45. The van der Waals surface area contributed by atoms with Crippen molar-refractivity contribution in [3.8, 4) is 11.3 Å². The van der Waals surface area contributed by atoms with Crippen molar-refractivity contribution in [3.05, 3.63) is 40.3 Å². The van der Waals surface area contributed by atoms with Gasteiger partial charge in [-0.25, -0.2) is 4.98 Å². The second kappa shape index (κ2) is 7.11. The summed E-state index contributed by atoms with van der Waals surface area (Å²) in [7, 11) is 0. The molecule has 1 N–H and O–H groups in total. The zero-order valence-electron chi connectivity index (χ0n) is 11.6. The maximum Gasteiger partial charge on any atom is 0.194 e. The maximum absolute atomic E-state index is 5.98. The first kappa shape index (κ1) is 15.4. The number of halogens is 2. The summed E-state index contributed by atoms with van der Waals surface area (Å²) in [5, 5.41) is 4.54. The Bertz CT molecular complexity index is 547. The number of hydrogen-bond donors (Lipinski definition) is 1. The molecule has 2 aromatic rings. The minimum Gasteiger partial charge on any atom is -0.441 e. The van der Waals surface area contributed by atoms with Crippen LogP contribution in [0.5, 0.6) is 0 Å². The molecule has 1 aromatic carbocycles. The molecule has 0 atom stereocenters. The molecule has 0 unspecified atom stereocenters. The summed E-state index contributed by atoms with van der Waals surface area (Å²) in [6, 6.07) is 5.83. The predicted molar refractivity (Wildman–Crippen MR) is 83.4 cm³/mol. The number of nitrogens with zero attached hydrogens (tertiary/aromatic N) is 1. The van der Waals surface area contributed by atoms with Gasteiger partial charge in [-0.2, -0.15) is 0 Å². The Morgan fingerprint density at radius 2 is 1.90 bits per heavy atom. The van der Waals surface area contributed by atoms with Gasteiger partial charge in [0.05, 0.1) is 6.20 Å². The topological polar surface area (TPSA) is 38.1 Å².